The quantitative estimate of drug-likeness (QED) is 0.0379. The highest BCUT2D eigenvalue weighted by Gasteiger charge is 2.95. The number of amides is 1. The van der Waals surface area contributed by atoms with Gasteiger partial charge in [-0.05, 0) is 12.5 Å². The molecule has 1 amide bonds. The average molecular weight is 770 g/mol. The third kappa shape index (κ3) is 9.06. The number of likely N-dealkylation sites (N-methyl/N-ethyl adjacent to an activating group) is 1. The molecule has 0 aromatic rings. The molecule has 0 bridgehead atoms. The van der Waals surface area contributed by atoms with Crippen molar-refractivity contribution in [2.24, 2.45) is 10.5 Å². The summed E-state index contributed by atoms with van der Waals surface area (Å²) in [6.07, 6.45) is -10.8. The summed E-state index contributed by atoms with van der Waals surface area (Å²) in [5, 5.41) is 4.19. The summed E-state index contributed by atoms with van der Waals surface area (Å²) in [5.74, 6) is -59.4. The van der Waals surface area contributed by atoms with Gasteiger partial charge in [0.15, 0.2) is 0 Å². The first kappa shape index (κ1) is 45.7. The third-order valence-electron chi connectivity index (χ3n) is 6.11. The van der Waals surface area contributed by atoms with Gasteiger partial charge in [0.05, 0.1) is 33.2 Å². The predicted molar refractivity (Wildman–Crippen MR) is 125 cm³/mol. The molecule has 48 heavy (non-hydrogen) atoms. The van der Waals surface area contributed by atoms with E-state index in [0.29, 0.717) is 6.92 Å². The standard InChI is InChI=1S/C20H25F17N5O5P/c1-12(9-40-41-38,10-47-48(44,45)46-8-7-42(2,3)4)11(43)39-6-5-13(21,22)14(23,24)15(25,26)16(27,28)17(29,30)18(31,32)19(33,34)20(35,36)37/h5-10H2,1-4H3,(H-,39,43,44,45)/p+1. The van der Waals surface area contributed by atoms with E-state index >= 15 is 0 Å². The Balaban J connectivity index is 6.12. The average Bonchev–Trinajstić information content (AvgIpc) is 2.88. The van der Waals surface area contributed by atoms with Crippen molar-refractivity contribution in [3.05, 3.63) is 10.4 Å². The van der Waals surface area contributed by atoms with Crippen LogP contribution in [0.5, 0.6) is 0 Å². The van der Waals surface area contributed by atoms with Crippen LogP contribution in [0.4, 0.5) is 74.6 Å². The van der Waals surface area contributed by atoms with Crippen molar-refractivity contribution in [2.75, 3.05) is 54.0 Å². The molecule has 0 spiro atoms. The summed E-state index contributed by atoms with van der Waals surface area (Å²) in [7, 11) is -0.127. The zero-order chi connectivity index (χ0) is 38.9. The van der Waals surface area contributed by atoms with Crippen LogP contribution in [0.15, 0.2) is 5.11 Å². The number of carbonyl (C=O) groups is 1. The lowest BCUT2D eigenvalue weighted by Gasteiger charge is -2.42. The fraction of sp³-hybridized carbons (Fsp3) is 0.950. The van der Waals surface area contributed by atoms with Gasteiger partial charge in [-0.1, -0.05) is 5.11 Å². The minimum atomic E-state index is -8.78. The molecule has 0 aliphatic carbocycles. The number of nitrogens with one attached hydrogen (secondary N) is 1. The van der Waals surface area contributed by atoms with E-state index in [1.807, 2.05) is 0 Å². The lowest BCUT2D eigenvalue weighted by Crippen LogP contribution is -2.74. The number of quaternary nitrogens is 1. The van der Waals surface area contributed by atoms with Crippen molar-refractivity contribution in [1.82, 2.24) is 5.32 Å². The molecule has 0 heterocycles. The molecule has 2 N–H and O–H groups in total. The Morgan fingerprint density at radius 3 is 1.60 bits per heavy atom. The van der Waals surface area contributed by atoms with Crippen LogP contribution in [0, 0.1) is 5.41 Å². The second kappa shape index (κ2) is 14.1. The predicted octanol–water partition coefficient (Wildman–Crippen LogP) is 6.66. The number of phosphoric acid groups is 1. The molecule has 0 aromatic carbocycles. The van der Waals surface area contributed by atoms with Gasteiger partial charge in [0.1, 0.15) is 13.2 Å². The van der Waals surface area contributed by atoms with Gasteiger partial charge < -0.3 is 14.7 Å². The van der Waals surface area contributed by atoms with Gasteiger partial charge in [-0.25, -0.2) is 4.57 Å². The summed E-state index contributed by atoms with van der Waals surface area (Å²) in [6, 6.07) is 0. The van der Waals surface area contributed by atoms with Gasteiger partial charge in [0, 0.05) is 24.4 Å². The zero-order valence-corrected chi connectivity index (χ0v) is 25.4. The lowest BCUT2D eigenvalue weighted by atomic mass is 9.88. The van der Waals surface area contributed by atoms with E-state index in [9.17, 15) is 88.9 Å². The molecule has 10 nitrogen and oxygen atoms in total. The molecule has 0 rings (SSSR count). The molecule has 0 aliphatic rings. The normalized spacial score (nSPS) is 17.3. The third-order valence-corrected chi connectivity index (χ3v) is 7.07. The fourth-order valence-electron chi connectivity index (χ4n) is 2.96. The van der Waals surface area contributed by atoms with Crippen LogP contribution in [0.1, 0.15) is 13.3 Å². The first-order chi connectivity index (χ1) is 20.9. The topological polar surface area (TPSA) is 134 Å². The number of hydrogen-bond donors (Lipinski definition) is 2. The van der Waals surface area contributed by atoms with Gasteiger partial charge in [-0.3, -0.25) is 13.8 Å². The Morgan fingerprint density at radius 2 is 1.21 bits per heavy atom. The Kier molecular flexibility index (Phi) is 13.4. The number of azide groups is 1. The number of nitrogens with zero attached hydrogens (tertiary/aromatic N) is 4. The molecule has 0 aromatic heterocycles. The van der Waals surface area contributed by atoms with E-state index < -0.39 is 99.5 Å². The summed E-state index contributed by atoms with van der Waals surface area (Å²) < 4.78 is 249. The van der Waals surface area contributed by atoms with Crippen LogP contribution >= 0.6 is 7.82 Å². The maximum Gasteiger partial charge on any atom is 0.472 e. The van der Waals surface area contributed by atoms with Crippen molar-refractivity contribution in [3.8, 4) is 0 Å². The summed E-state index contributed by atoms with van der Waals surface area (Å²) in [4.78, 5) is 24.5. The van der Waals surface area contributed by atoms with Crippen molar-refractivity contribution >= 4 is 13.7 Å². The van der Waals surface area contributed by atoms with E-state index in [4.69, 9.17) is 5.53 Å². The molecule has 0 aliphatic heterocycles. The maximum atomic E-state index is 14.1. The largest absolute Gasteiger partial charge is 0.472 e. The molecule has 284 valence electrons. The van der Waals surface area contributed by atoms with Gasteiger partial charge >= 0.3 is 55.5 Å². The van der Waals surface area contributed by atoms with Crippen LogP contribution in [0.3, 0.4) is 0 Å². The van der Waals surface area contributed by atoms with Crippen LogP contribution < -0.4 is 5.32 Å². The molecule has 2 unspecified atom stereocenters. The van der Waals surface area contributed by atoms with Crippen molar-refractivity contribution in [1.29, 1.82) is 0 Å². The minimum Gasteiger partial charge on any atom is -0.355 e. The summed E-state index contributed by atoms with van der Waals surface area (Å²) in [5.41, 5.74) is 6.06. The molecule has 0 saturated carbocycles. The monoisotopic (exact) mass is 770 g/mol. The fourth-order valence-corrected chi connectivity index (χ4v) is 3.80. The first-order valence-corrected chi connectivity index (χ1v) is 13.8. The second-order valence-electron chi connectivity index (χ2n) is 11.2. The highest BCUT2D eigenvalue weighted by atomic mass is 31.2. The van der Waals surface area contributed by atoms with Crippen molar-refractivity contribution in [2.45, 2.75) is 61.0 Å². The molecular weight excluding hydrogens is 744 g/mol. The summed E-state index contributed by atoms with van der Waals surface area (Å²) in [6.45, 7) is -4.03. The van der Waals surface area contributed by atoms with E-state index in [0.717, 1.165) is 0 Å². The maximum absolute atomic E-state index is 14.1. The number of hydrogen-bond acceptors (Lipinski definition) is 5. The number of rotatable bonds is 19. The highest BCUT2D eigenvalue weighted by molar-refractivity contribution is 7.47. The van der Waals surface area contributed by atoms with E-state index in [-0.39, 0.29) is 11.0 Å². The number of halogens is 17. The van der Waals surface area contributed by atoms with Gasteiger partial charge in [0.2, 0.25) is 5.91 Å². The highest BCUT2D eigenvalue weighted by Crippen LogP contribution is 2.64. The smallest absolute Gasteiger partial charge is 0.355 e. The Bertz CT molecular complexity index is 1240. The molecule has 0 radical (unpaired) electrons. The van der Waals surface area contributed by atoms with Crippen molar-refractivity contribution < 1.29 is 102 Å². The van der Waals surface area contributed by atoms with Gasteiger partial charge in [0.25, 0.3) is 0 Å². The molecular formula is C20H26F17N5O5P+. The zero-order valence-electron chi connectivity index (χ0n) is 24.5. The first-order valence-electron chi connectivity index (χ1n) is 12.3. The second-order valence-corrected chi connectivity index (χ2v) is 12.6. The molecule has 28 heteroatoms. The Morgan fingerprint density at radius 1 is 0.792 bits per heavy atom. The minimum absolute atomic E-state index is 0.105. The van der Waals surface area contributed by atoms with E-state index in [1.165, 1.54) is 5.32 Å². The number of carbonyl (C=O) groups excluding carboxylic acids is 1. The summed E-state index contributed by atoms with van der Waals surface area (Å²) >= 11 is 0. The van der Waals surface area contributed by atoms with Crippen LogP contribution in [-0.4, -0.2) is 117 Å². The molecule has 0 fully saturated rings. The Labute approximate surface area is 258 Å². The molecule has 0 saturated heterocycles. The Hall–Kier alpha value is -2.34. The lowest BCUT2D eigenvalue weighted by molar-refractivity contribution is -0.870. The number of alkyl halides is 17. The number of phosphoric ester groups is 1. The molecule has 2 atom stereocenters. The van der Waals surface area contributed by atoms with Crippen LogP contribution in [0.2, 0.25) is 0 Å². The van der Waals surface area contributed by atoms with Crippen LogP contribution in [0.25, 0.3) is 10.4 Å². The van der Waals surface area contributed by atoms with Gasteiger partial charge in [-0.2, -0.15) is 74.6 Å². The van der Waals surface area contributed by atoms with Crippen molar-refractivity contribution in [3.63, 3.8) is 0 Å². The van der Waals surface area contributed by atoms with E-state index in [1.54, 1.807) is 21.1 Å². The van der Waals surface area contributed by atoms with Gasteiger partial charge in [-0.15, -0.1) is 0 Å². The van der Waals surface area contributed by atoms with Crippen LogP contribution in [-0.2, 0) is 18.4 Å². The SMILES string of the molecule is CC(CN=[N+]=[N-])(COP(=O)(O)OCC[N+](C)(C)C)C(=O)NCCC(F)(F)C(F)(F)C(F)(F)C(F)(F)C(F)(F)C(F)(F)C(F)(F)C(F)(F)F. The van der Waals surface area contributed by atoms with E-state index in [2.05, 4.69) is 19.1 Å².